The number of nitrogens with zero attached hydrogens (tertiary/aromatic N) is 2. The fraction of sp³-hybridized carbons (Fsp3) is 0.391. The van der Waals surface area contributed by atoms with Gasteiger partial charge in [-0.15, -0.1) is 0 Å². The number of likely N-dealkylation sites (N-methyl/N-ethyl adjacent to an activating group) is 1. The smallest absolute Gasteiger partial charge is 0.242 e. The molecule has 0 aliphatic carbocycles. The summed E-state index contributed by atoms with van der Waals surface area (Å²) in [7, 11) is -3.59. The van der Waals surface area contributed by atoms with Gasteiger partial charge < -0.3 is 10.2 Å². The topological polar surface area (TPSA) is 86.8 Å². The van der Waals surface area contributed by atoms with Crippen LogP contribution in [0.4, 0.5) is 10.1 Å². The number of hydrogen-bond donors (Lipinski definition) is 1. The van der Waals surface area contributed by atoms with Crippen molar-refractivity contribution in [3.05, 3.63) is 64.9 Å². The monoisotopic (exact) mass is 497 g/mol. The molecule has 0 radical (unpaired) electrons. The summed E-state index contributed by atoms with van der Waals surface area (Å²) in [6.07, 6.45) is 1.29. The van der Waals surface area contributed by atoms with Crippen LogP contribution in [0.15, 0.2) is 48.5 Å². The molecule has 0 saturated carbocycles. The van der Waals surface area contributed by atoms with E-state index in [1.165, 1.54) is 15.3 Å². The van der Waals surface area contributed by atoms with Crippen molar-refractivity contribution in [1.82, 2.24) is 10.2 Å². The van der Waals surface area contributed by atoms with E-state index in [1.807, 2.05) is 0 Å². The number of nitrogens with one attached hydrogen (secondary N) is 1. The Bertz CT molecular complexity index is 1060. The summed E-state index contributed by atoms with van der Waals surface area (Å²) in [5.41, 5.74) is 0.731. The molecule has 180 valence electrons. The number of halogens is 2. The molecule has 0 aromatic heterocycles. The lowest BCUT2D eigenvalue weighted by Gasteiger charge is -2.29. The molecule has 7 nitrogen and oxygen atoms in total. The first-order valence-electron chi connectivity index (χ1n) is 10.6. The van der Waals surface area contributed by atoms with E-state index in [-0.39, 0.29) is 37.7 Å². The molecule has 2 aromatic rings. The van der Waals surface area contributed by atoms with Crippen molar-refractivity contribution >= 4 is 39.1 Å². The molecular formula is C23H29ClFN3O4S. The summed E-state index contributed by atoms with van der Waals surface area (Å²) in [5, 5.41) is 3.15. The molecule has 0 fully saturated rings. The van der Waals surface area contributed by atoms with Crippen LogP contribution in [-0.4, -0.2) is 50.5 Å². The molecule has 0 aliphatic rings. The Kier molecular flexibility index (Phi) is 9.67. The Labute approximate surface area is 199 Å². The van der Waals surface area contributed by atoms with E-state index >= 15 is 0 Å². The Hall–Kier alpha value is -2.65. The van der Waals surface area contributed by atoms with Gasteiger partial charge in [-0.25, -0.2) is 12.8 Å². The van der Waals surface area contributed by atoms with E-state index in [0.29, 0.717) is 22.8 Å². The predicted octanol–water partition coefficient (Wildman–Crippen LogP) is 3.58. The Morgan fingerprint density at radius 1 is 1.12 bits per heavy atom. The minimum absolute atomic E-state index is 0.0161. The summed E-state index contributed by atoms with van der Waals surface area (Å²) < 4.78 is 40.0. The van der Waals surface area contributed by atoms with Crippen molar-refractivity contribution in [3.8, 4) is 0 Å². The summed E-state index contributed by atoms with van der Waals surface area (Å²) in [5.74, 6) is -1.19. The molecule has 0 heterocycles. The number of carbonyl (C=O) groups excluding carboxylic acids is 2. The minimum atomic E-state index is -3.59. The first-order chi connectivity index (χ1) is 15.5. The second-order valence-electron chi connectivity index (χ2n) is 7.60. The van der Waals surface area contributed by atoms with Crippen molar-refractivity contribution in [3.63, 3.8) is 0 Å². The van der Waals surface area contributed by atoms with Crippen molar-refractivity contribution in [1.29, 1.82) is 0 Å². The number of benzene rings is 2. The third kappa shape index (κ3) is 7.71. The predicted molar refractivity (Wildman–Crippen MR) is 128 cm³/mol. The molecule has 0 bridgehead atoms. The lowest BCUT2D eigenvalue weighted by molar-refractivity contribution is -0.140. The second kappa shape index (κ2) is 12.0. The third-order valence-corrected chi connectivity index (χ3v) is 6.53. The average Bonchev–Trinajstić information content (AvgIpc) is 2.75. The number of amides is 2. The maximum Gasteiger partial charge on any atom is 0.242 e. The van der Waals surface area contributed by atoms with Crippen molar-refractivity contribution in [2.24, 2.45) is 0 Å². The zero-order valence-corrected chi connectivity index (χ0v) is 20.5. The van der Waals surface area contributed by atoms with E-state index in [9.17, 15) is 22.4 Å². The normalized spacial score (nSPS) is 12.2. The van der Waals surface area contributed by atoms with Gasteiger partial charge in [-0.05, 0) is 50.6 Å². The van der Waals surface area contributed by atoms with Crippen LogP contribution in [0.25, 0.3) is 0 Å². The van der Waals surface area contributed by atoms with Crippen molar-refractivity contribution in [2.75, 3.05) is 23.7 Å². The molecule has 2 rings (SSSR count). The zero-order chi connectivity index (χ0) is 24.6. The SMILES string of the molecule is CCNC(=O)C(C)N(Cc1ccccc1F)C(=O)CCCN(c1ccc(Cl)cc1)S(C)(=O)=O. The van der Waals surface area contributed by atoms with Gasteiger partial charge in [0.15, 0.2) is 0 Å². The van der Waals surface area contributed by atoms with Crippen LogP contribution in [0.2, 0.25) is 5.02 Å². The largest absolute Gasteiger partial charge is 0.355 e. The quantitative estimate of drug-likeness (QED) is 0.514. The van der Waals surface area contributed by atoms with Crippen LogP contribution in [-0.2, 0) is 26.2 Å². The van der Waals surface area contributed by atoms with Gasteiger partial charge in [-0.2, -0.15) is 0 Å². The lowest BCUT2D eigenvalue weighted by atomic mass is 10.1. The minimum Gasteiger partial charge on any atom is -0.355 e. The van der Waals surface area contributed by atoms with Crippen LogP contribution in [0, 0.1) is 5.82 Å². The van der Waals surface area contributed by atoms with Gasteiger partial charge in [0.2, 0.25) is 21.8 Å². The van der Waals surface area contributed by atoms with Gasteiger partial charge >= 0.3 is 0 Å². The van der Waals surface area contributed by atoms with Crippen LogP contribution in [0.1, 0.15) is 32.3 Å². The first kappa shape index (κ1) is 26.6. The molecule has 1 N–H and O–H groups in total. The number of hydrogen-bond acceptors (Lipinski definition) is 4. The molecule has 10 heteroatoms. The molecular weight excluding hydrogens is 469 g/mol. The highest BCUT2D eigenvalue weighted by Crippen LogP contribution is 2.21. The Morgan fingerprint density at radius 2 is 1.76 bits per heavy atom. The van der Waals surface area contributed by atoms with E-state index < -0.39 is 21.9 Å². The van der Waals surface area contributed by atoms with Crippen LogP contribution in [0.5, 0.6) is 0 Å². The second-order valence-corrected chi connectivity index (χ2v) is 9.94. The molecule has 33 heavy (non-hydrogen) atoms. The highest BCUT2D eigenvalue weighted by molar-refractivity contribution is 7.92. The van der Waals surface area contributed by atoms with Gasteiger partial charge in [-0.3, -0.25) is 13.9 Å². The Balaban J connectivity index is 2.15. The van der Waals surface area contributed by atoms with Gasteiger partial charge in [-0.1, -0.05) is 29.8 Å². The molecule has 0 aliphatic heterocycles. The fourth-order valence-electron chi connectivity index (χ4n) is 3.33. The number of carbonyl (C=O) groups is 2. The van der Waals surface area contributed by atoms with Crippen molar-refractivity contribution < 1.29 is 22.4 Å². The summed E-state index contributed by atoms with van der Waals surface area (Å²) in [6, 6.07) is 11.6. The lowest BCUT2D eigenvalue weighted by Crippen LogP contribution is -2.47. The molecule has 0 spiro atoms. The number of sulfonamides is 1. The molecule has 1 atom stereocenters. The summed E-state index contributed by atoms with van der Waals surface area (Å²) in [4.78, 5) is 26.8. The van der Waals surface area contributed by atoms with E-state index in [0.717, 1.165) is 6.26 Å². The third-order valence-electron chi connectivity index (χ3n) is 5.08. The number of anilines is 1. The Morgan fingerprint density at radius 3 is 2.33 bits per heavy atom. The van der Waals surface area contributed by atoms with Crippen LogP contribution < -0.4 is 9.62 Å². The highest BCUT2D eigenvalue weighted by Gasteiger charge is 2.27. The molecule has 2 aromatic carbocycles. The molecule has 1 unspecified atom stereocenters. The van der Waals surface area contributed by atoms with Gasteiger partial charge in [0.1, 0.15) is 11.9 Å². The average molecular weight is 498 g/mol. The zero-order valence-electron chi connectivity index (χ0n) is 18.9. The van der Waals surface area contributed by atoms with E-state index in [4.69, 9.17) is 11.6 Å². The summed E-state index contributed by atoms with van der Waals surface area (Å²) in [6.45, 7) is 3.74. The van der Waals surface area contributed by atoms with Gasteiger partial charge in [0, 0.05) is 36.6 Å². The van der Waals surface area contributed by atoms with Gasteiger partial charge in [0.25, 0.3) is 0 Å². The maximum absolute atomic E-state index is 14.2. The molecule has 2 amide bonds. The van der Waals surface area contributed by atoms with E-state index in [2.05, 4.69) is 5.32 Å². The highest BCUT2D eigenvalue weighted by atomic mass is 35.5. The first-order valence-corrected chi connectivity index (χ1v) is 12.8. The standard InChI is InChI=1S/C23H29ClFN3O4S/c1-4-26-23(30)17(2)27(16-18-8-5-6-9-21(18)25)22(29)10-7-15-28(33(3,31)32)20-13-11-19(24)12-14-20/h5-6,8-9,11-14,17H,4,7,10,15-16H2,1-3H3,(H,26,30). The van der Waals surface area contributed by atoms with Crippen molar-refractivity contribution in [2.45, 2.75) is 39.3 Å². The van der Waals surface area contributed by atoms with Gasteiger partial charge in [0.05, 0.1) is 11.9 Å². The number of rotatable bonds is 11. The summed E-state index contributed by atoms with van der Waals surface area (Å²) >= 11 is 5.89. The van der Waals surface area contributed by atoms with Crippen LogP contribution in [0.3, 0.4) is 0 Å². The van der Waals surface area contributed by atoms with Crippen LogP contribution >= 0.6 is 11.6 Å². The molecule has 0 saturated heterocycles. The van der Waals surface area contributed by atoms with E-state index in [1.54, 1.807) is 56.3 Å². The fourth-order valence-corrected chi connectivity index (χ4v) is 4.42. The maximum atomic E-state index is 14.2.